The van der Waals surface area contributed by atoms with Crippen LogP contribution in [0, 0.1) is 0 Å². The maximum atomic E-state index is 12.0. The van der Waals surface area contributed by atoms with Gasteiger partial charge in [0, 0.05) is 22.7 Å². The fourth-order valence-corrected chi connectivity index (χ4v) is 2.52. The first-order valence-electron chi connectivity index (χ1n) is 8.36. The number of halogens is 1. The van der Waals surface area contributed by atoms with Crippen LogP contribution in [0.4, 0.5) is 0 Å². The van der Waals surface area contributed by atoms with E-state index in [9.17, 15) is 4.79 Å². The molecule has 3 rings (SSSR count). The summed E-state index contributed by atoms with van der Waals surface area (Å²) in [6.45, 7) is -0.0712. The van der Waals surface area contributed by atoms with Crippen LogP contribution in [0.5, 0.6) is 11.5 Å². The SMILES string of the molecule is COc1cc(/C=C/C(=O)OCc2ncc(-c3ccc(Cl)cc3)o2)cc(OC)c1. The molecule has 0 amide bonds. The molecule has 0 N–H and O–H groups in total. The lowest BCUT2D eigenvalue weighted by atomic mass is 10.2. The number of aromatic nitrogens is 1. The standard InChI is InChI=1S/C21H18ClNO5/c1-25-17-9-14(10-18(11-17)26-2)3-8-21(24)27-13-20-23-12-19(28-20)15-4-6-16(22)7-5-15/h3-12H,13H2,1-2H3/b8-3+. The topological polar surface area (TPSA) is 70.8 Å². The lowest BCUT2D eigenvalue weighted by Gasteiger charge is -2.05. The second-order valence-corrected chi connectivity index (χ2v) is 6.15. The average molecular weight is 400 g/mol. The molecule has 2 aromatic carbocycles. The van der Waals surface area contributed by atoms with Crippen molar-refractivity contribution in [1.29, 1.82) is 0 Å². The number of rotatable bonds is 7. The number of ether oxygens (including phenoxy) is 3. The van der Waals surface area contributed by atoms with Crippen LogP contribution in [0.2, 0.25) is 5.02 Å². The monoisotopic (exact) mass is 399 g/mol. The Morgan fingerprint density at radius 1 is 1.11 bits per heavy atom. The maximum absolute atomic E-state index is 12.0. The third-order valence-corrected chi connectivity index (χ3v) is 4.06. The lowest BCUT2D eigenvalue weighted by molar-refractivity contribution is -0.139. The van der Waals surface area contributed by atoms with E-state index < -0.39 is 5.97 Å². The first kappa shape index (κ1) is 19.5. The molecule has 3 aromatic rings. The molecule has 0 unspecified atom stereocenters. The third-order valence-electron chi connectivity index (χ3n) is 3.81. The van der Waals surface area contributed by atoms with Crippen molar-refractivity contribution in [3.8, 4) is 22.8 Å². The van der Waals surface area contributed by atoms with Gasteiger partial charge in [0.15, 0.2) is 12.4 Å². The summed E-state index contributed by atoms with van der Waals surface area (Å²) in [5.74, 6) is 1.60. The zero-order valence-electron chi connectivity index (χ0n) is 15.3. The molecule has 0 radical (unpaired) electrons. The van der Waals surface area contributed by atoms with Crippen molar-refractivity contribution >= 4 is 23.6 Å². The Morgan fingerprint density at radius 3 is 2.43 bits per heavy atom. The van der Waals surface area contributed by atoms with Crippen molar-refractivity contribution in [2.75, 3.05) is 14.2 Å². The molecule has 0 aliphatic carbocycles. The molecule has 0 fully saturated rings. The summed E-state index contributed by atoms with van der Waals surface area (Å²) in [7, 11) is 3.12. The Kier molecular flexibility index (Phi) is 6.34. The van der Waals surface area contributed by atoms with E-state index in [0.717, 1.165) is 11.1 Å². The van der Waals surface area contributed by atoms with Gasteiger partial charge in [0.25, 0.3) is 0 Å². The second-order valence-electron chi connectivity index (χ2n) is 5.71. The van der Waals surface area contributed by atoms with Crippen LogP contribution in [-0.2, 0) is 16.1 Å². The minimum atomic E-state index is -0.520. The van der Waals surface area contributed by atoms with Crippen molar-refractivity contribution in [1.82, 2.24) is 4.98 Å². The smallest absolute Gasteiger partial charge is 0.331 e. The van der Waals surface area contributed by atoms with Crippen LogP contribution in [0.1, 0.15) is 11.5 Å². The average Bonchev–Trinajstić information content (AvgIpc) is 3.20. The van der Waals surface area contributed by atoms with Gasteiger partial charge >= 0.3 is 5.97 Å². The van der Waals surface area contributed by atoms with Gasteiger partial charge in [-0.15, -0.1) is 0 Å². The number of benzene rings is 2. The second kappa shape index (κ2) is 9.10. The van der Waals surface area contributed by atoms with Gasteiger partial charge in [-0.1, -0.05) is 11.6 Å². The van der Waals surface area contributed by atoms with Crippen molar-refractivity contribution < 1.29 is 23.4 Å². The zero-order valence-corrected chi connectivity index (χ0v) is 16.1. The fourth-order valence-electron chi connectivity index (χ4n) is 2.40. The predicted octanol–water partition coefficient (Wildman–Crippen LogP) is 4.77. The summed E-state index contributed by atoms with van der Waals surface area (Å²) < 4.78 is 21.2. The molecule has 28 heavy (non-hydrogen) atoms. The van der Waals surface area contributed by atoms with Gasteiger partial charge in [0.05, 0.1) is 20.4 Å². The van der Waals surface area contributed by atoms with Gasteiger partial charge in [-0.25, -0.2) is 9.78 Å². The highest BCUT2D eigenvalue weighted by Crippen LogP contribution is 2.24. The molecule has 0 saturated carbocycles. The third kappa shape index (κ3) is 5.14. The van der Waals surface area contributed by atoms with Crippen LogP contribution >= 0.6 is 11.6 Å². The number of methoxy groups -OCH3 is 2. The highest BCUT2D eigenvalue weighted by atomic mass is 35.5. The molecule has 0 saturated heterocycles. The molecule has 0 aliphatic rings. The first-order chi connectivity index (χ1) is 13.6. The van der Waals surface area contributed by atoms with Gasteiger partial charge < -0.3 is 18.6 Å². The van der Waals surface area contributed by atoms with Gasteiger partial charge in [-0.2, -0.15) is 0 Å². The quantitative estimate of drug-likeness (QED) is 0.421. The zero-order chi connectivity index (χ0) is 19.9. The molecule has 1 aromatic heterocycles. The number of hydrogen-bond acceptors (Lipinski definition) is 6. The highest BCUT2D eigenvalue weighted by Gasteiger charge is 2.08. The van der Waals surface area contributed by atoms with E-state index in [2.05, 4.69) is 4.98 Å². The molecule has 7 heteroatoms. The van der Waals surface area contributed by atoms with Crippen LogP contribution < -0.4 is 9.47 Å². The van der Waals surface area contributed by atoms with E-state index in [-0.39, 0.29) is 6.61 Å². The van der Waals surface area contributed by atoms with E-state index in [1.807, 2.05) is 12.1 Å². The number of carbonyl (C=O) groups excluding carboxylic acids is 1. The molecule has 0 atom stereocenters. The Bertz CT molecular complexity index is 956. The summed E-state index contributed by atoms with van der Waals surface area (Å²) in [4.78, 5) is 16.1. The van der Waals surface area contributed by atoms with Gasteiger partial charge in [0.1, 0.15) is 11.5 Å². The molecule has 0 spiro atoms. The Balaban J connectivity index is 1.59. The summed E-state index contributed by atoms with van der Waals surface area (Å²) >= 11 is 5.87. The highest BCUT2D eigenvalue weighted by molar-refractivity contribution is 6.30. The largest absolute Gasteiger partial charge is 0.497 e. The van der Waals surface area contributed by atoms with Crippen molar-refractivity contribution in [3.05, 3.63) is 71.2 Å². The van der Waals surface area contributed by atoms with Crippen LogP contribution in [0.15, 0.2) is 59.2 Å². The minimum absolute atomic E-state index is 0.0712. The lowest BCUT2D eigenvalue weighted by Crippen LogP contribution is -2.00. The van der Waals surface area contributed by atoms with E-state index in [1.165, 1.54) is 6.08 Å². The van der Waals surface area contributed by atoms with Gasteiger partial charge in [-0.3, -0.25) is 0 Å². The normalized spacial score (nSPS) is 10.8. The molecule has 0 aliphatic heterocycles. The van der Waals surface area contributed by atoms with Crippen LogP contribution in [-0.4, -0.2) is 25.2 Å². The Hall–Kier alpha value is -3.25. The van der Waals surface area contributed by atoms with Crippen molar-refractivity contribution in [2.24, 2.45) is 0 Å². The van der Waals surface area contributed by atoms with Crippen LogP contribution in [0.25, 0.3) is 17.4 Å². The predicted molar refractivity (Wildman–Crippen MR) is 105 cm³/mol. The van der Waals surface area contributed by atoms with E-state index in [1.54, 1.807) is 56.8 Å². The van der Waals surface area contributed by atoms with Crippen molar-refractivity contribution in [3.63, 3.8) is 0 Å². The number of carbonyl (C=O) groups is 1. The molecular formula is C21H18ClNO5. The molecule has 144 valence electrons. The molecule has 6 nitrogen and oxygen atoms in total. The molecular weight excluding hydrogens is 382 g/mol. The first-order valence-corrected chi connectivity index (χ1v) is 8.73. The van der Waals surface area contributed by atoms with Crippen LogP contribution in [0.3, 0.4) is 0 Å². The van der Waals surface area contributed by atoms with E-state index >= 15 is 0 Å². The summed E-state index contributed by atoms with van der Waals surface area (Å²) in [5, 5.41) is 0.637. The number of hydrogen-bond donors (Lipinski definition) is 0. The van der Waals surface area contributed by atoms with Gasteiger partial charge in [-0.05, 0) is 48.0 Å². The number of oxazole rings is 1. The fraction of sp³-hybridized carbons (Fsp3) is 0.143. The van der Waals surface area contributed by atoms with E-state index in [4.69, 9.17) is 30.2 Å². The summed E-state index contributed by atoms with van der Waals surface area (Å²) in [6, 6.07) is 12.5. The van der Waals surface area contributed by atoms with E-state index in [0.29, 0.717) is 28.2 Å². The summed E-state index contributed by atoms with van der Waals surface area (Å²) in [5.41, 5.74) is 1.58. The molecule has 0 bridgehead atoms. The number of nitrogens with zero attached hydrogens (tertiary/aromatic N) is 1. The minimum Gasteiger partial charge on any atom is -0.497 e. The Morgan fingerprint density at radius 2 is 1.79 bits per heavy atom. The molecule has 1 heterocycles. The van der Waals surface area contributed by atoms with Gasteiger partial charge in [0.2, 0.25) is 5.89 Å². The number of esters is 1. The maximum Gasteiger partial charge on any atom is 0.331 e. The summed E-state index contributed by atoms with van der Waals surface area (Å²) in [6.07, 6.45) is 4.50. The van der Waals surface area contributed by atoms with Crippen molar-refractivity contribution in [2.45, 2.75) is 6.61 Å². The Labute approximate surface area is 167 Å².